The number of carbonyl (C=O) groups is 1. The zero-order valence-electron chi connectivity index (χ0n) is 20.3. The molecule has 1 amide bonds. The first-order valence-corrected chi connectivity index (χ1v) is 13.3. The average molecular weight is 471 g/mol. The van der Waals surface area contributed by atoms with E-state index in [0.29, 0.717) is 18.3 Å². The van der Waals surface area contributed by atoms with Gasteiger partial charge in [0.1, 0.15) is 5.01 Å². The van der Waals surface area contributed by atoms with E-state index in [0.717, 1.165) is 54.6 Å². The van der Waals surface area contributed by atoms with E-state index < -0.39 is 0 Å². The maximum absolute atomic E-state index is 12.5. The van der Waals surface area contributed by atoms with Crippen LogP contribution in [0, 0.1) is 11.8 Å². The standard InChI is InChI=1S/C26H38N4O2S/c1-26(2,3)30-23(10-9-19-7-5-4-6-8-19)22(17-28-30)25-29-21(18-33-25)15-24(31)27-16-20-11-13-32-14-12-20/h9-10,17-20H,4-8,11-16H2,1-3H3,(H,27,31). The highest BCUT2D eigenvalue weighted by molar-refractivity contribution is 7.13. The molecule has 1 N–H and O–H groups in total. The van der Waals surface area contributed by atoms with Crippen molar-refractivity contribution in [2.75, 3.05) is 19.8 Å². The van der Waals surface area contributed by atoms with Crippen molar-refractivity contribution in [2.45, 2.75) is 77.7 Å². The van der Waals surface area contributed by atoms with E-state index in [1.807, 2.05) is 11.6 Å². The van der Waals surface area contributed by atoms with Crippen LogP contribution in [0.5, 0.6) is 0 Å². The molecule has 0 atom stereocenters. The van der Waals surface area contributed by atoms with Crippen LogP contribution in [0.1, 0.15) is 77.1 Å². The van der Waals surface area contributed by atoms with Crippen molar-refractivity contribution in [1.29, 1.82) is 0 Å². The summed E-state index contributed by atoms with van der Waals surface area (Å²) < 4.78 is 7.50. The minimum Gasteiger partial charge on any atom is -0.381 e. The third-order valence-corrected chi connectivity index (χ3v) is 7.59. The quantitative estimate of drug-likeness (QED) is 0.585. The number of allylic oxidation sites excluding steroid dienone is 1. The Morgan fingerprint density at radius 3 is 2.70 bits per heavy atom. The molecule has 0 unspecified atom stereocenters. The Morgan fingerprint density at radius 2 is 1.97 bits per heavy atom. The first-order valence-electron chi connectivity index (χ1n) is 12.5. The van der Waals surface area contributed by atoms with Gasteiger partial charge in [-0.2, -0.15) is 5.10 Å². The number of nitrogens with zero attached hydrogens (tertiary/aromatic N) is 3. The summed E-state index contributed by atoms with van der Waals surface area (Å²) >= 11 is 1.60. The lowest BCUT2D eigenvalue weighted by molar-refractivity contribution is -0.120. The third kappa shape index (κ3) is 6.54. The topological polar surface area (TPSA) is 69.0 Å². The second-order valence-electron chi connectivity index (χ2n) is 10.5. The molecule has 0 spiro atoms. The molecule has 1 saturated carbocycles. The number of thiazole rings is 1. The van der Waals surface area contributed by atoms with Crippen LogP contribution in [0.4, 0.5) is 0 Å². The fourth-order valence-electron chi connectivity index (χ4n) is 4.72. The molecule has 7 heteroatoms. The lowest BCUT2D eigenvalue weighted by atomic mass is 9.89. The van der Waals surface area contributed by atoms with Crippen LogP contribution in [-0.2, 0) is 21.5 Å². The van der Waals surface area contributed by atoms with Gasteiger partial charge in [0.25, 0.3) is 0 Å². The van der Waals surface area contributed by atoms with Gasteiger partial charge in [-0.3, -0.25) is 9.48 Å². The number of amides is 1. The van der Waals surface area contributed by atoms with Crippen molar-refractivity contribution in [3.63, 3.8) is 0 Å². The summed E-state index contributed by atoms with van der Waals surface area (Å²) in [6, 6.07) is 0. The molecular formula is C26H38N4O2S. The van der Waals surface area contributed by atoms with Crippen LogP contribution in [0.25, 0.3) is 16.6 Å². The highest BCUT2D eigenvalue weighted by Gasteiger charge is 2.23. The summed E-state index contributed by atoms with van der Waals surface area (Å²) in [5.41, 5.74) is 2.87. The van der Waals surface area contributed by atoms with Gasteiger partial charge in [-0.1, -0.05) is 25.3 Å². The van der Waals surface area contributed by atoms with Crippen molar-refractivity contribution in [2.24, 2.45) is 11.8 Å². The molecular weight excluding hydrogens is 432 g/mol. The molecule has 1 aliphatic carbocycles. The zero-order chi connectivity index (χ0) is 23.3. The van der Waals surface area contributed by atoms with Gasteiger partial charge in [-0.05, 0) is 64.4 Å². The molecule has 4 rings (SSSR count). The van der Waals surface area contributed by atoms with Crippen molar-refractivity contribution in [1.82, 2.24) is 20.1 Å². The number of hydrogen-bond acceptors (Lipinski definition) is 5. The Labute approximate surface area is 201 Å². The summed E-state index contributed by atoms with van der Waals surface area (Å²) in [7, 11) is 0. The van der Waals surface area contributed by atoms with Gasteiger partial charge in [0, 0.05) is 25.1 Å². The van der Waals surface area contributed by atoms with E-state index in [2.05, 4.69) is 42.9 Å². The van der Waals surface area contributed by atoms with E-state index in [1.54, 1.807) is 11.3 Å². The van der Waals surface area contributed by atoms with Crippen LogP contribution in [0.2, 0.25) is 0 Å². The number of nitrogens with one attached hydrogen (secondary N) is 1. The Kier molecular flexibility index (Phi) is 8.02. The first-order chi connectivity index (χ1) is 15.9. The van der Waals surface area contributed by atoms with Gasteiger partial charge in [0.05, 0.1) is 35.1 Å². The molecule has 2 fully saturated rings. The van der Waals surface area contributed by atoms with Crippen LogP contribution in [-0.4, -0.2) is 40.4 Å². The normalized spacial score (nSPS) is 18.8. The van der Waals surface area contributed by atoms with Crippen molar-refractivity contribution in [3.8, 4) is 10.6 Å². The summed E-state index contributed by atoms with van der Waals surface area (Å²) in [4.78, 5) is 17.3. The molecule has 0 aromatic carbocycles. The molecule has 2 aromatic heterocycles. The lowest BCUT2D eigenvalue weighted by Crippen LogP contribution is -2.33. The van der Waals surface area contributed by atoms with E-state index >= 15 is 0 Å². The second kappa shape index (κ2) is 11.0. The molecule has 6 nitrogen and oxygen atoms in total. The van der Waals surface area contributed by atoms with Crippen molar-refractivity contribution in [3.05, 3.63) is 29.0 Å². The van der Waals surface area contributed by atoms with Gasteiger partial charge in [-0.15, -0.1) is 11.3 Å². The van der Waals surface area contributed by atoms with Gasteiger partial charge < -0.3 is 10.1 Å². The molecule has 180 valence electrons. The van der Waals surface area contributed by atoms with Crippen LogP contribution in [0.3, 0.4) is 0 Å². The van der Waals surface area contributed by atoms with E-state index in [9.17, 15) is 4.79 Å². The monoisotopic (exact) mass is 470 g/mol. The predicted molar refractivity (Wildman–Crippen MR) is 134 cm³/mol. The minimum absolute atomic E-state index is 0.0427. The lowest BCUT2D eigenvalue weighted by Gasteiger charge is -2.22. The molecule has 1 saturated heterocycles. The Hall–Kier alpha value is -1.99. The molecule has 0 radical (unpaired) electrons. The van der Waals surface area contributed by atoms with E-state index in [4.69, 9.17) is 14.8 Å². The molecule has 1 aliphatic heterocycles. The fraction of sp³-hybridized carbons (Fsp3) is 0.654. The van der Waals surface area contributed by atoms with Gasteiger partial charge in [0.2, 0.25) is 5.91 Å². The average Bonchev–Trinajstić information content (AvgIpc) is 3.44. The van der Waals surface area contributed by atoms with Gasteiger partial charge in [-0.25, -0.2) is 4.98 Å². The number of rotatable bonds is 7. The molecule has 2 aromatic rings. The SMILES string of the molecule is CC(C)(C)n1ncc(-c2nc(CC(=O)NCC3CCOCC3)cs2)c1C=CC1CCCCC1. The first kappa shape index (κ1) is 24.1. The van der Waals surface area contributed by atoms with Crippen molar-refractivity contribution < 1.29 is 9.53 Å². The van der Waals surface area contributed by atoms with E-state index in [-0.39, 0.29) is 11.4 Å². The highest BCUT2D eigenvalue weighted by atomic mass is 32.1. The smallest absolute Gasteiger partial charge is 0.226 e. The third-order valence-electron chi connectivity index (χ3n) is 6.67. The molecule has 0 bridgehead atoms. The predicted octanol–water partition coefficient (Wildman–Crippen LogP) is 5.44. The Bertz CT molecular complexity index is 944. The Balaban J connectivity index is 1.45. The van der Waals surface area contributed by atoms with Gasteiger partial charge >= 0.3 is 0 Å². The maximum Gasteiger partial charge on any atom is 0.226 e. The summed E-state index contributed by atoms with van der Waals surface area (Å²) in [6.45, 7) is 8.87. The molecule has 2 aliphatic rings. The maximum atomic E-state index is 12.5. The van der Waals surface area contributed by atoms with Crippen LogP contribution >= 0.6 is 11.3 Å². The number of hydrogen-bond donors (Lipinski definition) is 1. The van der Waals surface area contributed by atoms with Crippen LogP contribution < -0.4 is 5.32 Å². The summed E-state index contributed by atoms with van der Waals surface area (Å²) in [5.74, 6) is 1.22. The Morgan fingerprint density at radius 1 is 1.21 bits per heavy atom. The van der Waals surface area contributed by atoms with Crippen molar-refractivity contribution >= 4 is 23.3 Å². The van der Waals surface area contributed by atoms with Gasteiger partial charge in [0.15, 0.2) is 0 Å². The number of carbonyl (C=O) groups excluding carboxylic acids is 1. The fourth-order valence-corrected chi connectivity index (χ4v) is 5.56. The molecule has 33 heavy (non-hydrogen) atoms. The zero-order valence-corrected chi connectivity index (χ0v) is 21.1. The summed E-state index contributed by atoms with van der Waals surface area (Å²) in [5, 5.41) is 10.7. The van der Waals surface area contributed by atoms with E-state index in [1.165, 1.54) is 32.1 Å². The largest absolute Gasteiger partial charge is 0.381 e. The number of ether oxygens (including phenoxy) is 1. The minimum atomic E-state index is -0.116. The van der Waals surface area contributed by atoms with Crippen LogP contribution in [0.15, 0.2) is 17.7 Å². The highest BCUT2D eigenvalue weighted by Crippen LogP contribution is 2.32. The second-order valence-corrected chi connectivity index (χ2v) is 11.3. The summed E-state index contributed by atoms with van der Waals surface area (Å²) in [6.07, 6.45) is 15.5. The molecule has 3 heterocycles. The number of aromatic nitrogens is 3.